The van der Waals surface area contributed by atoms with Gasteiger partial charge < -0.3 is 15.0 Å². The normalized spacial score (nSPS) is 27.9. The Morgan fingerprint density at radius 3 is 2.89 bits per heavy atom. The standard InChI is InChI=1S/C14H21N5/c1-9-6-10(2)11(3)19(7-9)14-13-16-4-5-18(13)8-12(15)17-14/h4-5,8-11H,6-7,15H2,1-3H3. The van der Waals surface area contributed by atoms with E-state index in [-0.39, 0.29) is 0 Å². The summed E-state index contributed by atoms with van der Waals surface area (Å²) in [5, 5.41) is 0. The maximum atomic E-state index is 5.92. The number of imidazole rings is 1. The first-order valence-electron chi connectivity index (χ1n) is 6.92. The second kappa shape index (κ2) is 4.40. The first kappa shape index (κ1) is 12.3. The van der Waals surface area contributed by atoms with Gasteiger partial charge >= 0.3 is 0 Å². The summed E-state index contributed by atoms with van der Waals surface area (Å²) in [6.07, 6.45) is 6.79. The smallest absolute Gasteiger partial charge is 0.180 e. The molecule has 2 aromatic rings. The van der Waals surface area contributed by atoms with Gasteiger partial charge in [-0.25, -0.2) is 9.97 Å². The Bertz CT molecular complexity index is 591. The summed E-state index contributed by atoms with van der Waals surface area (Å²) in [7, 11) is 0. The Labute approximate surface area is 113 Å². The summed E-state index contributed by atoms with van der Waals surface area (Å²) in [5.41, 5.74) is 6.81. The molecule has 3 rings (SSSR count). The molecule has 0 aromatic carbocycles. The Kier molecular flexibility index (Phi) is 2.84. The van der Waals surface area contributed by atoms with Crippen molar-refractivity contribution < 1.29 is 0 Å². The molecule has 5 nitrogen and oxygen atoms in total. The molecule has 5 heteroatoms. The van der Waals surface area contributed by atoms with E-state index in [9.17, 15) is 0 Å². The van der Waals surface area contributed by atoms with Crippen molar-refractivity contribution in [3.05, 3.63) is 18.6 Å². The van der Waals surface area contributed by atoms with Crippen LogP contribution in [0.25, 0.3) is 5.65 Å². The lowest BCUT2D eigenvalue weighted by atomic mass is 9.86. The topological polar surface area (TPSA) is 59.5 Å². The van der Waals surface area contributed by atoms with Gasteiger partial charge in [0, 0.05) is 25.0 Å². The van der Waals surface area contributed by atoms with E-state index in [4.69, 9.17) is 5.73 Å². The summed E-state index contributed by atoms with van der Waals surface area (Å²) in [4.78, 5) is 11.3. The summed E-state index contributed by atoms with van der Waals surface area (Å²) in [6, 6.07) is 0.464. The quantitative estimate of drug-likeness (QED) is 0.852. The van der Waals surface area contributed by atoms with Gasteiger partial charge in [0.2, 0.25) is 0 Å². The number of hydrogen-bond donors (Lipinski definition) is 1. The van der Waals surface area contributed by atoms with Gasteiger partial charge in [0.05, 0.1) is 6.20 Å². The van der Waals surface area contributed by atoms with Crippen molar-refractivity contribution in [3.8, 4) is 0 Å². The van der Waals surface area contributed by atoms with Crippen LogP contribution in [-0.4, -0.2) is 27.0 Å². The second-order valence-corrected chi connectivity index (χ2v) is 5.86. The SMILES string of the molecule is CC1CC(C)C(C)N(c2nc(N)cn3ccnc23)C1. The third-order valence-corrected chi connectivity index (χ3v) is 4.24. The lowest BCUT2D eigenvalue weighted by Crippen LogP contribution is -2.46. The molecule has 1 fully saturated rings. The molecular weight excluding hydrogens is 238 g/mol. The lowest BCUT2D eigenvalue weighted by Gasteiger charge is -2.41. The molecule has 0 spiro atoms. The lowest BCUT2D eigenvalue weighted by molar-refractivity contribution is 0.296. The largest absolute Gasteiger partial charge is 0.382 e. The van der Waals surface area contributed by atoms with Gasteiger partial charge in [0.15, 0.2) is 11.5 Å². The molecule has 2 aromatic heterocycles. The predicted molar refractivity (Wildman–Crippen MR) is 77.2 cm³/mol. The molecule has 3 atom stereocenters. The van der Waals surface area contributed by atoms with Crippen molar-refractivity contribution in [2.45, 2.75) is 33.2 Å². The minimum atomic E-state index is 0.464. The summed E-state index contributed by atoms with van der Waals surface area (Å²) in [5.74, 6) is 2.78. The number of rotatable bonds is 1. The van der Waals surface area contributed by atoms with E-state index >= 15 is 0 Å². The Morgan fingerprint density at radius 2 is 2.11 bits per heavy atom. The number of nitrogens with zero attached hydrogens (tertiary/aromatic N) is 4. The first-order valence-corrected chi connectivity index (χ1v) is 6.92. The van der Waals surface area contributed by atoms with Crippen LogP contribution in [0.4, 0.5) is 11.6 Å². The van der Waals surface area contributed by atoms with E-state index in [1.165, 1.54) is 6.42 Å². The monoisotopic (exact) mass is 259 g/mol. The fourth-order valence-corrected chi connectivity index (χ4v) is 3.12. The fourth-order valence-electron chi connectivity index (χ4n) is 3.12. The van der Waals surface area contributed by atoms with Crippen molar-refractivity contribution in [1.29, 1.82) is 0 Å². The molecule has 0 aliphatic carbocycles. The molecule has 1 aliphatic rings. The van der Waals surface area contributed by atoms with Crippen LogP contribution in [0.3, 0.4) is 0 Å². The summed E-state index contributed by atoms with van der Waals surface area (Å²) >= 11 is 0. The van der Waals surface area contributed by atoms with Crippen LogP contribution in [0, 0.1) is 11.8 Å². The molecule has 0 amide bonds. The summed E-state index contributed by atoms with van der Waals surface area (Å²) < 4.78 is 1.95. The van der Waals surface area contributed by atoms with Crippen molar-refractivity contribution in [1.82, 2.24) is 14.4 Å². The molecule has 2 N–H and O–H groups in total. The van der Waals surface area contributed by atoms with Crippen LogP contribution < -0.4 is 10.6 Å². The number of nitrogens with two attached hydrogens (primary N) is 1. The Morgan fingerprint density at radius 1 is 1.32 bits per heavy atom. The third kappa shape index (κ3) is 2.03. The van der Waals surface area contributed by atoms with E-state index < -0.39 is 0 Å². The molecule has 19 heavy (non-hydrogen) atoms. The fraction of sp³-hybridized carbons (Fsp3) is 0.571. The highest BCUT2D eigenvalue weighted by Gasteiger charge is 2.31. The van der Waals surface area contributed by atoms with Crippen LogP contribution in [0.5, 0.6) is 0 Å². The number of nitrogen functional groups attached to an aromatic ring is 1. The summed E-state index contributed by atoms with van der Waals surface area (Å²) in [6.45, 7) is 7.89. The van der Waals surface area contributed by atoms with Gasteiger partial charge in [-0.1, -0.05) is 13.8 Å². The van der Waals surface area contributed by atoms with E-state index in [0.717, 1.165) is 18.0 Å². The molecular formula is C14H21N5. The van der Waals surface area contributed by atoms with E-state index in [1.807, 2.05) is 16.8 Å². The van der Waals surface area contributed by atoms with Crippen LogP contribution in [0.2, 0.25) is 0 Å². The number of aromatic nitrogens is 3. The van der Waals surface area contributed by atoms with Crippen molar-refractivity contribution in [3.63, 3.8) is 0 Å². The van der Waals surface area contributed by atoms with Crippen LogP contribution in [0.1, 0.15) is 27.2 Å². The minimum Gasteiger partial charge on any atom is -0.382 e. The molecule has 1 aliphatic heterocycles. The second-order valence-electron chi connectivity index (χ2n) is 5.86. The predicted octanol–water partition coefficient (Wildman–Crippen LogP) is 2.18. The Hall–Kier alpha value is -1.78. The number of hydrogen-bond acceptors (Lipinski definition) is 4. The van der Waals surface area contributed by atoms with E-state index in [2.05, 4.69) is 35.6 Å². The molecule has 0 saturated carbocycles. The van der Waals surface area contributed by atoms with Crippen molar-refractivity contribution in [2.24, 2.45) is 11.8 Å². The maximum Gasteiger partial charge on any atom is 0.180 e. The molecule has 0 radical (unpaired) electrons. The number of anilines is 2. The highest BCUT2D eigenvalue weighted by Crippen LogP contribution is 2.32. The van der Waals surface area contributed by atoms with Crippen LogP contribution in [0.15, 0.2) is 18.6 Å². The highest BCUT2D eigenvalue weighted by atomic mass is 15.3. The van der Waals surface area contributed by atoms with E-state index in [1.54, 1.807) is 6.20 Å². The van der Waals surface area contributed by atoms with Gasteiger partial charge in [-0.05, 0) is 25.2 Å². The Balaban J connectivity index is 2.09. The van der Waals surface area contributed by atoms with Crippen molar-refractivity contribution >= 4 is 17.3 Å². The minimum absolute atomic E-state index is 0.464. The molecule has 0 bridgehead atoms. The number of fused-ring (bicyclic) bond motifs is 1. The molecule has 3 unspecified atom stereocenters. The van der Waals surface area contributed by atoms with Gasteiger partial charge in [-0.15, -0.1) is 0 Å². The molecule has 3 heterocycles. The van der Waals surface area contributed by atoms with Gasteiger partial charge in [-0.3, -0.25) is 0 Å². The zero-order chi connectivity index (χ0) is 13.6. The number of piperidine rings is 1. The van der Waals surface area contributed by atoms with Gasteiger partial charge in [0.25, 0.3) is 0 Å². The first-order chi connectivity index (χ1) is 9.06. The van der Waals surface area contributed by atoms with Crippen LogP contribution >= 0.6 is 0 Å². The van der Waals surface area contributed by atoms with Gasteiger partial charge in [0.1, 0.15) is 5.82 Å². The van der Waals surface area contributed by atoms with E-state index in [0.29, 0.717) is 23.7 Å². The van der Waals surface area contributed by atoms with Gasteiger partial charge in [-0.2, -0.15) is 0 Å². The molecule has 102 valence electrons. The maximum absolute atomic E-state index is 5.92. The average molecular weight is 259 g/mol. The van der Waals surface area contributed by atoms with Crippen LogP contribution in [-0.2, 0) is 0 Å². The average Bonchev–Trinajstić information content (AvgIpc) is 2.80. The zero-order valence-electron chi connectivity index (χ0n) is 11.7. The highest BCUT2D eigenvalue weighted by molar-refractivity contribution is 5.67. The molecule has 1 saturated heterocycles. The third-order valence-electron chi connectivity index (χ3n) is 4.24. The zero-order valence-corrected chi connectivity index (χ0v) is 11.7. The van der Waals surface area contributed by atoms with Crippen molar-refractivity contribution in [2.75, 3.05) is 17.2 Å².